The molecule has 0 saturated carbocycles. The standard InChI is InChI=1S/C19H20N4OS/c24-19-18-16(7-10-21-18)23(17(12-25)22-19)11-14-3-1-2-4-15(14)13-5-8-20-9-6-13/h1-4,7,10,13,20-21H,5-6,8-9,11H2,(H,22,24). The van der Waals surface area contributed by atoms with E-state index in [9.17, 15) is 4.79 Å². The quantitative estimate of drug-likeness (QED) is 0.744. The first-order valence-corrected chi connectivity index (χ1v) is 8.98. The Labute approximate surface area is 152 Å². The average Bonchev–Trinajstić information content (AvgIpc) is 3.15. The number of thiocarbonyl (C=S) groups is 1. The summed E-state index contributed by atoms with van der Waals surface area (Å²) in [7, 11) is 0. The van der Waals surface area contributed by atoms with Crippen molar-refractivity contribution in [3.05, 3.63) is 59.2 Å². The normalized spacial score (nSPS) is 17.8. The number of aromatic nitrogens is 1. The van der Waals surface area contributed by atoms with Gasteiger partial charge in [0.05, 0.1) is 12.2 Å². The molecule has 2 aliphatic rings. The molecule has 0 radical (unpaired) electrons. The number of anilines is 1. The van der Waals surface area contributed by atoms with Gasteiger partial charge in [-0.3, -0.25) is 10.1 Å². The SMILES string of the molecule is O=C1NC(=C=S)N(Cc2ccccc2C2CCNCC2)c2cc[nH]c21. The molecule has 0 bridgehead atoms. The molecule has 0 spiro atoms. The van der Waals surface area contributed by atoms with Gasteiger partial charge < -0.3 is 15.2 Å². The topological polar surface area (TPSA) is 60.2 Å². The lowest BCUT2D eigenvalue weighted by atomic mass is 9.87. The van der Waals surface area contributed by atoms with E-state index >= 15 is 0 Å². The van der Waals surface area contributed by atoms with Gasteiger partial charge in [-0.25, -0.2) is 0 Å². The van der Waals surface area contributed by atoms with E-state index in [-0.39, 0.29) is 5.91 Å². The number of rotatable bonds is 3. The maximum atomic E-state index is 12.1. The van der Waals surface area contributed by atoms with Gasteiger partial charge in [0.1, 0.15) is 5.69 Å². The zero-order valence-corrected chi connectivity index (χ0v) is 14.7. The molecule has 1 aromatic carbocycles. The molecule has 0 atom stereocenters. The molecule has 1 fully saturated rings. The highest BCUT2D eigenvalue weighted by Crippen LogP contribution is 2.32. The summed E-state index contributed by atoms with van der Waals surface area (Å²) in [4.78, 5) is 17.2. The predicted molar refractivity (Wildman–Crippen MR) is 102 cm³/mol. The van der Waals surface area contributed by atoms with Gasteiger partial charge in [0.15, 0.2) is 5.82 Å². The summed E-state index contributed by atoms with van der Waals surface area (Å²) >= 11 is 5.02. The Hall–Kier alpha value is -2.40. The fourth-order valence-electron chi connectivity index (χ4n) is 3.75. The van der Waals surface area contributed by atoms with E-state index in [0.717, 1.165) is 31.6 Å². The highest BCUT2D eigenvalue weighted by atomic mass is 32.1. The molecule has 3 N–H and O–H groups in total. The van der Waals surface area contributed by atoms with E-state index in [2.05, 4.69) is 44.9 Å². The monoisotopic (exact) mass is 352 g/mol. The summed E-state index contributed by atoms with van der Waals surface area (Å²) in [6.45, 7) is 2.78. The van der Waals surface area contributed by atoms with Crippen LogP contribution in [-0.2, 0) is 6.54 Å². The number of aromatic amines is 1. The number of hydrogen-bond donors (Lipinski definition) is 3. The van der Waals surface area contributed by atoms with Crippen LogP contribution in [-0.4, -0.2) is 29.0 Å². The predicted octanol–water partition coefficient (Wildman–Crippen LogP) is 2.67. The minimum atomic E-state index is -0.171. The third kappa shape index (κ3) is 3.00. The Morgan fingerprint density at radius 2 is 2.00 bits per heavy atom. The highest BCUT2D eigenvalue weighted by molar-refractivity contribution is 7.78. The van der Waals surface area contributed by atoms with Crippen LogP contribution < -0.4 is 15.5 Å². The van der Waals surface area contributed by atoms with Gasteiger partial charge in [0, 0.05) is 6.20 Å². The Kier molecular flexibility index (Phi) is 4.40. The van der Waals surface area contributed by atoms with E-state index in [1.165, 1.54) is 11.1 Å². The smallest absolute Gasteiger partial charge is 0.275 e. The van der Waals surface area contributed by atoms with Crippen molar-refractivity contribution in [3.8, 4) is 0 Å². The van der Waals surface area contributed by atoms with Crippen molar-refractivity contribution in [2.45, 2.75) is 25.3 Å². The van der Waals surface area contributed by atoms with E-state index in [0.29, 0.717) is 24.0 Å². The fourth-order valence-corrected chi connectivity index (χ4v) is 3.91. The van der Waals surface area contributed by atoms with Gasteiger partial charge in [-0.05, 0) is 66.3 Å². The molecule has 4 rings (SSSR count). The summed E-state index contributed by atoms with van der Waals surface area (Å²) in [5.41, 5.74) is 4.06. The average molecular weight is 352 g/mol. The summed E-state index contributed by atoms with van der Waals surface area (Å²) in [5.74, 6) is 0.935. The van der Waals surface area contributed by atoms with Crippen LogP contribution in [0.2, 0.25) is 0 Å². The van der Waals surface area contributed by atoms with Crippen LogP contribution in [0.5, 0.6) is 0 Å². The Morgan fingerprint density at radius 3 is 2.80 bits per heavy atom. The largest absolute Gasteiger partial charge is 0.355 e. The Bertz CT molecular complexity index is 847. The van der Waals surface area contributed by atoms with Crippen LogP contribution in [0.15, 0.2) is 42.3 Å². The van der Waals surface area contributed by atoms with Crippen LogP contribution in [0.3, 0.4) is 0 Å². The van der Waals surface area contributed by atoms with Crippen molar-refractivity contribution >= 4 is 28.8 Å². The number of benzene rings is 1. The summed E-state index contributed by atoms with van der Waals surface area (Å²) in [5, 5.41) is 8.96. The minimum Gasteiger partial charge on any atom is -0.355 e. The summed E-state index contributed by atoms with van der Waals surface area (Å²) < 4.78 is 0. The minimum absolute atomic E-state index is 0.171. The number of carbonyl (C=O) groups is 1. The molecule has 6 heteroatoms. The van der Waals surface area contributed by atoms with Crippen LogP contribution in [0.1, 0.15) is 40.4 Å². The van der Waals surface area contributed by atoms with Crippen molar-refractivity contribution in [1.29, 1.82) is 0 Å². The second-order valence-corrected chi connectivity index (χ2v) is 6.66. The lowest BCUT2D eigenvalue weighted by molar-refractivity contribution is 0.0957. The zero-order valence-electron chi connectivity index (χ0n) is 13.8. The molecule has 1 amide bonds. The van der Waals surface area contributed by atoms with Crippen molar-refractivity contribution in [2.75, 3.05) is 18.0 Å². The number of hydrogen-bond acceptors (Lipinski definition) is 4. The van der Waals surface area contributed by atoms with Gasteiger partial charge in [-0.15, -0.1) is 0 Å². The first-order chi connectivity index (χ1) is 12.3. The third-order valence-electron chi connectivity index (χ3n) is 5.00. The van der Waals surface area contributed by atoms with Crippen molar-refractivity contribution in [1.82, 2.24) is 15.6 Å². The Balaban J connectivity index is 1.69. The molecule has 2 aromatic rings. The maximum absolute atomic E-state index is 12.1. The number of nitrogens with zero attached hydrogens (tertiary/aromatic N) is 1. The number of amides is 1. The number of fused-ring (bicyclic) bond motifs is 1. The van der Waals surface area contributed by atoms with Crippen LogP contribution >= 0.6 is 12.2 Å². The van der Waals surface area contributed by atoms with Crippen molar-refractivity contribution in [2.24, 2.45) is 0 Å². The molecule has 1 saturated heterocycles. The van der Waals surface area contributed by atoms with Gasteiger partial charge in [-0.1, -0.05) is 24.3 Å². The molecule has 25 heavy (non-hydrogen) atoms. The number of nitrogens with one attached hydrogen (secondary N) is 3. The number of piperidine rings is 1. The molecule has 3 heterocycles. The molecule has 0 aliphatic carbocycles. The number of carbonyl (C=O) groups excluding carboxylic acids is 1. The molecule has 5 nitrogen and oxygen atoms in total. The van der Waals surface area contributed by atoms with Crippen molar-refractivity contribution < 1.29 is 4.79 Å². The molecule has 2 aliphatic heterocycles. The lowest BCUT2D eigenvalue weighted by Gasteiger charge is -2.32. The van der Waals surface area contributed by atoms with E-state index in [1.807, 2.05) is 11.0 Å². The van der Waals surface area contributed by atoms with E-state index in [4.69, 9.17) is 12.2 Å². The first-order valence-electron chi connectivity index (χ1n) is 8.58. The number of H-pyrrole nitrogens is 1. The van der Waals surface area contributed by atoms with Gasteiger partial charge in [-0.2, -0.15) is 0 Å². The summed E-state index contributed by atoms with van der Waals surface area (Å²) in [6, 6.07) is 10.5. The first kappa shape index (κ1) is 16.1. The second kappa shape index (κ2) is 6.84. The molecular weight excluding hydrogens is 332 g/mol. The van der Waals surface area contributed by atoms with Gasteiger partial charge in [0.2, 0.25) is 0 Å². The zero-order chi connectivity index (χ0) is 17.2. The summed E-state index contributed by atoms with van der Waals surface area (Å²) in [6.07, 6.45) is 4.08. The van der Waals surface area contributed by atoms with Crippen LogP contribution in [0, 0.1) is 0 Å². The van der Waals surface area contributed by atoms with E-state index < -0.39 is 0 Å². The lowest BCUT2D eigenvalue weighted by Crippen LogP contribution is -2.41. The van der Waals surface area contributed by atoms with Crippen LogP contribution in [0.4, 0.5) is 5.69 Å². The van der Waals surface area contributed by atoms with Crippen molar-refractivity contribution in [3.63, 3.8) is 0 Å². The van der Waals surface area contributed by atoms with E-state index in [1.54, 1.807) is 6.20 Å². The van der Waals surface area contributed by atoms with Gasteiger partial charge >= 0.3 is 0 Å². The van der Waals surface area contributed by atoms with Gasteiger partial charge in [0.25, 0.3) is 5.91 Å². The molecule has 1 aromatic heterocycles. The second-order valence-electron chi connectivity index (χ2n) is 6.45. The fraction of sp³-hybridized carbons (Fsp3) is 0.316. The van der Waals surface area contributed by atoms with Crippen LogP contribution in [0.25, 0.3) is 0 Å². The molecule has 128 valence electrons. The Morgan fingerprint density at radius 1 is 1.20 bits per heavy atom. The molecular formula is C19H20N4OS. The maximum Gasteiger partial charge on any atom is 0.275 e. The third-order valence-corrected chi connectivity index (χ3v) is 5.20. The highest BCUT2D eigenvalue weighted by Gasteiger charge is 2.29. The molecule has 0 unspecified atom stereocenters.